The van der Waals surface area contributed by atoms with Gasteiger partial charge in [0.1, 0.15) is 5.82 Å². The molecule has 168 valence electrons. The molecule has 0 amide bonds. The molecule has 31 heavy (non-hydrogen) atoms. The first-order valence-corrected chi connectivity index (χ1v) is 13.4. The van der Waals surface area contributed by atoms with Gasteiger partial charge in [0.15, 0.2) is 0 Å². The maximum Gasteiger partial charge on any atom is 0.243 e. The Bertz CT molecular complexity index is 1160. The lowest BCUT2D eigenvalue weighted by molar-refractivity contribution is 0.384. The minimum absolute atomic E-state index is 0.0777. The van der Waals surface area contributed by atoms with Crippen molar-refractivity contribution < 1.29 is 21.2 Å². The van der Waals surface area contributed by atoms with Gasteiger partial charge < -0.3 is 4.90 Å². The lowest BCUT2D eigenvalue weighted by atomic mass is 10.2. The Hall–Kier alpha value is -2.17. The molecule has 7 nitrogen and oxygen atoms in total. The van der Waals surface area contributed by atoms with Gasteiger partial charge in [0, 0.05) is 38.4 Å². The zero-order valence-corrected chi connectivity index (χ0v) is 19.0. The van der Waals surface area contributed by atoms with Crippen molar-refractivity contribution in [2.45, 2.75) is 24.7 Å². The summed E-state index contributed by atoms with van der Waals surface area (Å²) in [5.41, 5.74) is 1.83. The van der Waals surface area contributed by atoms with Crippen LogP contribution in [0, 0.1) is 12.7 Å². The van der Waals surface area contributed by atoms with E-state index in [0.29, 0.717) is 50.4 Å². The van der Waals surface area contributed by atoms with Crippen LogP contribution in [0.1, 0.15) is 18.4 Å². The number of sulfonamides is 2. The SMILES string of the molecule is Cc1ccc(N2CCCCS2(=O)=O)cc1S(=O)(=O)N1CCN(c2ccc(F)cc2)CC1. The molecule has 4 rings (SSSR count). The Kier molecular flexibility index (Phi) is 5.97. The van der Waals surface area contributed by atoms with Crippen LogP contribution in [0.4, 0.5) is 15.8 Å². The second-order valence-electron chi connectivity index (χ2n) is 7.91. The number of halogens is 1. The number of aryl methyl sites for hydroxylation is 1. The highest BCUT2D eigenvalue weighted by Crippen LogP contribution is 2.30. The summed E-state index contributed by atoms with van der Waals surface area (Å²) >= 11 is 0. The molecule has 2 heterocycles. The summed E-state index contributed by atoms with van der Waals surface area (Å²) in [5, 5.41) is 0. The molecule has 2 aromatic rings. The molecular weight excluding hydrogens is 441 g/mol. The molecule has 0 saturated carbocycles. The van der Waals surface area contributed by atoms with Gasteiger partial charge in [-0.15, -0.1) is 0 Å². The topological polar surface area (TPSA) is 78.0 Å². The minimum Gasteiger partial charge on any atom is -0.369 e. The van der Waals surface area contributed by atoms with Crippen LogP contribution in [-0.4, -0.2) is 59.6 Å². The molecule has 10 heteroatoms. The highest BCUT2D eigenvalue weighted by atomic mass is 32.2. The van der Waals surface area contributed by atoms with Gasteiger partial charge in [-0.2, -0.15) is 4.31 Å². The van der Waals surface area contributed by atoms with Crippen LogP contribution in [0.25, 0.3) is 0 Å². The molecular formula is C21H26FN3O4S2. The summed E-state index contributed by atoms with van der Waals surface area (Å²) in [6.07, 6.45) is 1.37. The van der Waals surface area contributed by atoms with Crippen LogP contribution in [0.3, 0.4) is 0 Å². The molecule has 2 saturated heterocycles. The molecule has 2 aromatic carbocycles. The fraction of sp³-hybridized carbons (Fsp3) is 0.429. The zero-order chi connectivity index (χ0) is 22.2. The smallest absolute Gasteiger partial charge is 0.243 e. The molecule has 0 atom stereocenters. The van der Waals surface area contributed by atoms with Gasteiger partial charge in [0.25, 0.3) is 0 Å². The predicted octanol–water partition coefficient (Wildman–Crippen LogP) is 2.58. The van der Waals surface area contributed by atoms with Gasteiger partial charge in [-0.25, -0.2) is 21.2 Å². The molecule has 0 radical (unpaired) electrons. The molecule has 2 aliphatic rings. The molecule has 0 N–H and O–H groups in total. The van der Waals surface area contributed by atoms with Crippen molar-refractivity contribution in [3.05, 3.63) is 53.8 Å². The molecule has 0 aromatic heterocycles. The number of benzene rings is 2. The van der Waals surface area contributed by atoms with Gasteiger partial charge >= 0.3 is 0 Å². The largest absolute Gasteiger partial charge is 0.369 e. The van der Waals surface area contributed by atoms with Crippen molar-refractivity contribution in [2.24, 2.45) is 0 Å². The van der Waals surface area contributed by atoms with Gasteiger partial charge in [-0.3, -0.25) is 4.31 Å². The van der Waals surface area contributed by atoms with Crippen molar-refractivity contribution >= 4 is 31.4 Å². The third-order valence-corrected chi connectivity index (χ3v) is 9.77. The van der Waals surface area contributed by atoms with E-state index in [-0.39, 0.29) is 16.5 Å². The Morgan fingerprint density at radius 2 is 1.52 bits per heavy atom. The maximum atomic E-state index is 13.4. The second kappa shape index (κ2) is 8.40. The quantitative estimate of drug-likeness (QED) is 0.691. The standard InChI is InChI=1S/C21H26FN3O4S2/c1-17-4-7-20(25-10-2-3-15-30(25,26)27)16-21(17)31(28,29)24-13-11-23(12-14-24)19-8-5-18(22)6-9-19/h4-9,16H,2-3,10-15H2,1H3. The maximum absolute atomic E-state index is 13.4. The summed E-state index contributed by atoms with van der Waals surface area (Å²) in [6.45, 7) is 3.66. The van der Waals surface area contributed by atoms with E-state index in [2.05, 4.69) is 0 Å². The highest BCUT2D eigenvalue weighted by Gasteiger charge is 2.32. The molecule has 2 fully saturated rings. The first kappa shape index (κ1) is 22.0. The van der Waals surface area contributed by atoms with Crippen LogP contribution < -0.4 is 9.21 Å². The van der Waals surface area contributed by atoms with Gasteiger partial charge in [0.2, 0.25) is 20.0 Å². The monoisotopic (exact) mass is 467 g/mol. The van der Waals surface area contributed by atoms with Crippen LogP contribution in [-0.2, 0) is 20.0 Å². The third-order valence-electron chi connectivity index (χ3n) is 5.86. The highest BCUT2D eigenvalue weighted by molar-refractivity contribution is 7.92. The Morgan fingerprint density at radius 1 is 0.871 bits per heavy atom. The van der Waals surface area contributed by atoms with Crippen LogP contribution in [0.2, 0.25) is 0 Å². The summed E-state index contributed by atoms with van der Waals surface area (Å²) in [4.78, 5) is 2.16. The lowest BCUT2D eigenvalue weighted by Crippen LogP contribution is -2.48. The number of anilines is 2. The molecule has 0 bridgehead atoms. The lowest BCUT2D eigenvalue weighted by Gasteiger charge is -2.36. The van der Waals surface area contributed by atoms with Crippen molar-refractivity contribution in [1.82, 2.24) is 4.31 Å². The third kappa shape index (κ3) is 4.42. The Morgan fingerprint density at radius 3 is 2.16 bits per heavy atom. The normalized spacial score (nSPS) is 20.1. The van der Waals surface area contributed by atoms with Crippen LogP contribution in [0.15, 0.2) is 47.4 Å². The van der Waals surface area contributed by atoms with E-state index in [1.165, 1.54) is 26.8 Å². The molecule has 0 unspecified atom stereocenters. The van der Waals surface area contributed by atoms with E-state index in [0.717, 1.165) is 12.1 Å². The Labute approximate surface area is 183 Å². The van der Waals surface area contributed by atoms with E-state index >= 15 is 0 Å². The van der Waals surface area contributed by atoms with E-state index in [1.54, 1.807) is 31.2 Å². The van der Waals surface area contributed by atoms with Crippen LogP contribution in [0.5, 0.6) is 0 Å². The Balaban J connectivity index is 1.56. The van der Waals surface area contributed by atoms with Crippen molar-refractivity contribution in [3.8, 4) is 0 Å². The fourth-order valence-corrected chi connectivity index (χ4v) is 7.38. The van der Waals surface area contributed by atoms with Gasteiger partial charge in [0.05, 0.1) is 16.3 Å². The number of hydrogen-bond donors (Lipinski definition) is 0. The number of hydrogen-bond acceptors (Lipinski definition) is 5. The molecule has 0 aliphatic carbocycles. The predicted molar refractivity (Wildman–Crippen MR) is 119 cm³/mol. The van der Waals surface area contributed by atoms with Gasteiger partial charge in [-0.05, 0) is 61.7 Å². The summed E-state index contributed by atoms with van der Waals surface area (Å²) in [6, 6.07) is 11.0. The van der Waals surface area contributed by atoms with E-state index in [1.807, 2.05) is 4.90 Å². The molecule has 0 spiro atoms. The number of piperazine rings is 1. The van der Waals surface area contributed by atoms with E-state index in [4.69, 9.17) is 0 Å². The first-order chi connectivity index (χ1) is 14.7. The van der Waals surface area contributed by atoms with Crippen molar-refractivity contribution in [3.63, 3.8) is 0 Å². The first-order valence-electron chi connectivity index (χ1n) is 10.3. The number of nitrogens with zero attached hydrogens (tertiary/aromatic N) is 3. The molecule has 2 aliphatic heterocycles. The minimum atomic E-state index is -3.78. The van der Waals surface area contributed by atoms with Crippen molar-refractivity contribution in [2.75, 3.05) is 47.7 Å². The average Bonchev–Trinajstić information content (AvgIpc) is 2.74. The summed E-state index contributed by atoms with van der Waals surface area (Å²) < 4.78 is 67.6. The zero-order valence-electron chi connectivity index (χ0n) is 17.4. The van der Waals surface area contributed by atoms with Crippen LogP contribution >= 0.6 is 0 Å². The van der Waals surface area contributed by atoms with Gasteiger partial charge in [-0.1, -0.05) is 6.07 Å². The van der Waals surface area contributed by atoms with E-state index in [9.17, 15) is 21.2 Å². The average molecular weight is 468 g/mol. The fourth-order valence-electron chi connectivity index (χ4n) is 4.08. The number of rotatable bonds is 4. The van der Waals surface area contributed by atoms with E-state index < -0.39 is 20.0 Å². The second-order valence-corrected chi connectivity index (χ2v) is 11.8. The summed E-state index contributed by atoms with van der Waals surface area (Å²) in [7, 11) is -7.20. The van der Waals surface area contributed by atoms with Crippen molar-refractivity contribution in [1.29, 1.82) is 0 Å². The summed E-state index contributed by atoms with van der Waals surface area (Å²) in [5.74, 6) is -0.232.